The Labute approximate surface area is 132 Å². The van der Waals surface area contributed by atoms with E-state index < -0.39 is 0 Å². The molecule has 0 radical (unpaired) electrons. The fourth-order valence-corrected chi connectivity index (χ4v) is 2.90. The van der Waals surface area contributed by atoms with Crippen LogP contribution in [0.1, 0.15) is 44.2 Å². The van der Waals surface area contributed by atoms with E-state index in [1.54, 1.807) is 0 Å². The molecule has 22 heavy (non-hydrogen) atoms. The summed E-state index contributed by atoms with van der Waals surface area (Å²) in [5.41, 5.74) is 1.26. The van der Waals surface area contributed by atoms with Crippen LogP contribution in [0.25, 0.3) is 0 Å². The third-order valence-corrected chi connectivity index (χ3v) is 4.20. The van der Waals surface area contributed by atoms with Gasteiger partial charge in [0.1, 0.15) is 5.82 Å². The molecular weight excluding hydrogens is 272 g/mol. The second kappa shape index (κ2) is 7.25. The normalized spacial score (nSPS) is 16.9. The molecule has 0 bridgehead atoms. The molecule has 1 saturated heterocycles. The van der Waals surface area contributed by atoms with Gasteiger partial charge in [0, 0.05) is 25.3 Å². The molecule has 3 rings (SSSR count). The average Bonchev–Trinajstić information content (AvgIpc) is 2.85. The van der Waals surface area contributed by atoms with Crippen LogP contribution in [0.5, 0.6) is 0 Å². The minimum Gasteiger partial charge on any atom is -0.363 e. The van der Waals surface area contributed by atoms with Gasteiger partial charge in [-0.25, -0.2) is 4.98 Å². The zero-order chi connectivity index (χ0) is 15.2. The van der Waals surface area contributed by atoms with E-state index in [1.807, 2.05) is 18.3 Å². The largest absolute Gasteiger partial charge is 0.363 e. The highest BCUT2D eigenvalue weighted by atomic mass is 15.3. The Morgan fingerprint density at radius 1 is 1.00 bits per heavy atom. The highest BCUT2D eigenvalue weighted by molar-refractivity contribution is 5.43. The summed E-state index contributed by atoms with van der Waals surface area (Å²) in [5.74, 6) is 1.75. The van der Waals surface area contributed by atoms with E-state index in [4.69, 9.17) is 4.98 Å². The van der Waals surface area contributed by atoms with Gasteiger partial charge in [0.05, 0.1) is 0 Å². The van der Waals surface area contributed by atoms with Gasteiger partial charge < -0.3 is 10.2 Å². The highest BCUT2D eigenvalue weighted by Gasteiger charge is 2.13. The molecule has 4 heteroatoms. The van der Waals surface area contributed by atoms with E-state index in [0.717, 1.165) is 24.9 Å². The lowest BCUT2D eigenvalue weighted by atomic mass is 10.1. The van der Waals surface area contributed by atoms with Crippen molar-refractivity contribution in [1.82, 2.24) is 9.97 Å². The maximum atomic E-state index is 4.71. The highest BCUT2D eigenvalue weighted by Crippen LogP contribution is 2.20. The van der Waals surface area contributed by atoms with Crippen molar-refractivity contribution in [2.45, 2.75) is 38.6 Å². The molecule has 0 aliphatic carbocycles. The molecule has 2 aromatic rings. The first kappa shape index (κ1) is 14.8. The topological polar surface area (TPSA) is 41.1 Å². The second-order valence-electron chi connectivity index (χ2n) is 5.92. The SMILES string of the molecule is CC(Nc1ccnc(N2CCCCCC2)n1)c1ccccc1. The maximum Gasteiger partial charge on any atom is 0.227 e. The van der Waals surface area contributed by atoms with E-state index in [9.17, 15) is 0 Å². The summed E-state index contributed by atoms with van der Waals surface area (Å²) in [4.78, 5) is 11.5. The first-order chi connectivity index (χ1) is 10.8. The van der Waals surface area contributed by atoms with Crippen LogP contribution < -0.4 is 10.2 Å². The Balaban J connectivity index is 1.70. The van der Waals surface area contributed by atoms with Gasteiger partial charge in [-0.2, -0.15) is 4.98 Å². The Kier molecular flexibility index (Phi) is 4.88. The first-order valence-corrected chi connectivity index (χ1v) is 8.22. The number of benzene rings is 1. The Hall–Kier alpha value is -2.10. The zero-order valence-electron chi connectivity index (χ0n) is 13.2. The predicted octanol–water partition coefficient (Wildman–Crippen LogP) is 4.03. The summed E-state index contributed by atoms with van der Waals surface area (Å²) < 4.78 is 0. The molecule has 1 fully saturated rings. The van der Waals surface area contributed by atoms with Gasteiger partial charge in [-0.05, 0) is 31.4 Å². The number of aromatic nitrogens is 2. The lowest BCUT2D eigenvalue weighted by Crippen LogP contribution is -2.26. The minimum atomic E-state index is 0.230. The average molecular weight is 296 g/mol. The van der Waals surface area contributed by atoms with E-state index >= 15 is 0 Å². The number of nitrogens with zero attached hydrogens (tertiary/aromatic N) is 3. The third kappa shape index (κ3) is 3.75. The standard InChI is InChI=1S/C18H24N4/c1-15(16-9-5-4-6-10-16)20-17-11-12-19-18(21-17)22-13-7-2-3-8-14-22/h4-6,9-12,15H,2-3,7-8,13-14H2,1H3,(H,19,20,21). The number of hydrogen-bond acceptors (Lipinski definition) is 4. The van der Waals surface area contributed by atoms with E-state index in [1.165, 1.54) is 31.2 Å². The summed E-state index contributed by atoms with van der Waals surface area (Å²) in [5, 5.41) is 3.48. The Morgan fingerprint density at radius 3 is 2.45 bits per heavy atom. The molecule has 1 aliphatic heterocycles. The van der Waals surface area contributed by atoms with Crippen LogP contribution in [0.4, 0.5) is 11.8 Å². The summed E-state index contributed by atoms with van der Waals surface area (Å²) in [6.07, 6.45) is 6.97. The summed E-state index contributed by atoms with van der Waals surface area (Å²) >= 11 is 0. The molecule has 1 atom stereocenters. The third-order valence-electron chi connectivity index (χ3n) is 4.20. The van der Waals surface area contributed by atoms with Crippen LogP contribution in [0, 0.1) is 0 Å². The fraction of sp³-hybridized carbons (Fsp3) is 0.444. The first-order valence-electron chi connectivity index (χ1n) is 8.22. The van der Waals surface area contributed by atoms with Gasteiger partial charge in [-0.1, -0.05) is 43.2 Å². The van der Waals surface area contributed by atoms with Crippen molar-refractivity contribution in [3.05, 3.63) is 48.2 Å². The van der Waals surface area contributed by atoms with E-state index in [-0.39, 0.29) is 6.04 Å². The van der Waals surface area contributed by atoms with Crippen LogP contribution in [0.15, 0.2) is 42.6 Å². The summed E-state index contributed by atoms with van der Waals surface area (Å²) in [6, 6.07) is 12.6. The molecule has 4 nitrogen and oxygen atoms in total. The molecule has 0 spiro atoms. The molecule has 1 N–H and O–H groups in total. The van der Waals surface area contributed by atoms with Gasteiger partial charge >= 0.3 is 0 Å². The quantitative estimate of drug-likeness (QED) is 0.925. The van der Waals surface area contributed by atoms with Crippen molar-refractivity contribution in [2.24, 2.45) is 0 Å². The molecule has 0 amide bonds. The summed E-state index contributed by atoms with van der Waals surface area (Å²) in [6.45, 7) is 4.29. The number of hydrogen-bond donors (Lipinski definition) is 1. The van der Waals surface area contributed by atoms with Crippen molar-refractivity contribution < 1.29 is 0 Å². The van der Waals surface area contributed by atoms with Gasteiger partial charge in [0.2, 0.25) is 5.95 Å². The maximum absolute atomic E-state index is 4.71. The molecule has 1 unspecified atom stereocenters. The molecule has 2 heterocycles. The zero-order valence-corrected chi connectivity index (χ0v) is 13.2. The van der Waals surface area contributed by atoms with Crippen LogP contribution in [-0.2, 0) is 0 Å². The molecule has 0 saturated carbocycles. The minimum absolute atomic E-state index is 0.230. The molecule has 1 aromatic carbocycles. The van der Waals surface area contributed by atoms with Crippen LogP contribution in [-0.4, -0.2) is 23.1 Å². The molecule has 1 aromatic heterocycles. The van der Waals surface area contributed by atoms with Crippen LogP contribution >= 0.6 is 0 Å². The summed E-state index contributed by atoms with van der Waals surface area (Å²) in [7, 11) is 0. The van der Waals surface area contributed by atoms with Crippen LogP contribution in [0.3, 0.4) is 0 Å². The van der Waals surface area contributed by atoms with Gasteiger partial charge in [-0.3, -0.25) is 0 Å². The van der Waals surface area contributed by atoms with E-state index in [2.05, 4.69) is 46.4 Å². The molecule has 1 aliphatic rings. The Morgan fingerprint density at radius 2 is 1.73 bits per heavy atom. The lowest BCUT2D eigenvalue weighted by Gasteiger charge is -2.21. The predicted molar refractivity (Wildman–Crippen MR) is 91.2 cm³/mol. The van der Waals surface area contributed by atoms with Crippen molar-refractivity contribution in [2.75, 3.05) is 23.3 Å². The Bertz CT molecular complexity index is 577. The lowest BCUT2D eigenvalue weighted by molar-refractivity contribution is 0.726. The number of anilines is 2. The molecular formula is C18H24N4. The number of rotatable bonds is 4. The van der Waals surface area contributed by atoms with Crippen LogP contribution in [0.2, 0.25) is 0 Å². The van der Waals surface area contributed by atoms with Crippen molar-refractivity contribution in [3.63, 3.8) is 0 Å². The van der Waals surface area contributed by atoms with Gasteiger partial charge in [0.25, 0.3) is 0 Å². The smallest absolute Gasteiger partial charge is 0.227 e. The van der Waals surface area contributed by atoms with Crippen molar-refractivity contribution in [1.29, 1.82) is 0 Å². The number of nitrogens with one attached hydrogen (secondary N) is 1. The van der Waals surface area contributed by atoms with Crippen molar-refractivity contribution in [3.8, 4) is 0 Å². The monoisotopic (exact) mass is 296 g/mol. The van der Waals surface area contributed by atoms with Gasteiger partial charge in [0.15, 0.2) is 0 Å². The van der Waals surface area contributed by atoms with Gasteiger partial charge in [-0.15, -0.1) is 0 Å². The fourth-order valence-electron chi connectivity index (χ4n) is 2.90. The van der Waals surface area contributed by atoms with Crippen molar-refractivity contribution >= 4 is 11.8 Å². The molecule has 116 valence electrons. The second-order valence-corrected chi connectivity index (χ2v) is 5.92. The van der Waals surface area contributed by atoms with E-state index in [0.29, 0.717) is 0 Å².